The maximum absolute atomic E-state index is 12.3. The number of hydrogen-bond acceptors (Lipinski definition) is 6. The molecule has 0 radical (unpaired) electrons. The van der Waals surface area contributed by atoms with Gasteiger partial charge >= 0.3 is 12.6 Å². The van der Waals surface area contributed by atoms with Crippen LogP contribution in [-0.2, 0) is 11.3 Å². The van der Waals surface area contributed by atoms with E-state index < -0.39 is 18.6 Å². The van der Waals surface area contributed by atoms with E-state index in [-0.39, 0.29) is 11.8 Å². The second kappa shape index (κ2) is 7.78. The van der Waals surface area contributed by atoms with Gasteiger partial charge in [0, 0.05) is 6.04 Å². The molecular formula is C18H21F2N5O3. The number of halogens is 2. The molecule has 1 aromatic carbocycles. The van der Waals surface area contributed by atoms with E-state index in [1.807, 2.05) is 4.90 Å². The standard InChI is InChI=1S/C18H21F2N5O3/c19-18(20)28-13-7-5-12(6-8-13)25-16(21-22-23-25)10-24-14-4-2-1-3-11(14)9-15(24)17(26)27/h5-8,11,14-15,18H,1-4,9-10H2,(H,26,27). The van der Waals surface area contributed by atoms with Crippen molar-refractivity contribution < 1.29 is 23.4 Å². The average Bonchev–Trinajstić information content (AvgIpc) is 3.27. The minimum absolute atomic E-state index is 0.0453. The number of likely N-dealkylation sites (tertiary alicyclic amines) is 1. The SMILES string of the molecule is O=C(O)C1CC2CCCCC2N1Cc1nnnn1-c1ccc(OC(F)F)cc1. The number of tetrazole rings is 1. The first-order chi connectivity index (χ1) is 13.5. The van der Waals surface area contributed by atoms with Crippen LogP contribution < -0.4 is 4.74 Å². The van der Waals surface area contributed by atoms with E-state index in [1.165, 1.54) is 16.8 Å². The zero-order valence-electron chi connectivity index (χ0n) is 15.1. The fraction of sp³-hybridized carbons (Fsp3) is 0.556. The molecule has 2 aliphatic rings. The molecule has 2 fully saturated rings. The molecule has 3 atom stereocenters. The van der Waals surface area contributed by atoms with Gasteiger partial charge in [0.05, 0.1) is 12.2 Å². The summed E-state index contributed by atoms with van der Waals surface area (Å²) in [4.78, 5) is 13.8. The summed E-state index contributed by atoms with van der Waals surface area (Å²) in [6.07, 6.45) is 4.94. The molecule has 1 saturated heterocycles. The lowest BCUT2D eigenvalue weighted by Crippen LogP contribution is -2.42. The largest absolute Gasteiger partial charge is 0.480 e. The average molecular weight is 393 g/mol. The quantitative estimate of drug-likeness (QED) is 0.806. The van der Waals surface area contributed by atoms with Gasteiger partial charge in [-0.2, -0.15) is 13.5 Å². The van der Waals surface area contributed by atoms with Gasteiger partial charge in [-0.05, 0) is 59.9 Å². The lowest BCUT2D eigenvalue weighted by atomic mass is 9.85. The minimum Gasteiger partial charge on any atom is -0.480 e. The molecule has 1 aliphatic carbocycles. The number of aliphatic carboxylic acids is 1. The number of benzene rings is 1. The molecule has 0 bridgehead atoms. The summed E-state index contributed by atoms with van der Waals surface area (Å²) in [7, 11) is 0. The highest BCUT2D eigenvalue weighted by Gasteiger charge is 2.45. The molecule has 3 unspecified atom stereocenters. The van der Waals surface area contributed by atoms with Crippen LogP contribution in [0.1, 0.15) is 37.9 Å². The van der Waals surface area contributed by atoms with Crippen LogP contribution in [0.2, 0.25) is 0 Å². The maximum Gasteiger partial charge on any atom is 0.387 e. The van der Waals surface area contributed by atoms with Crippen LogP contribution in [0.4, 0.5) is 8.78 Å². The van der Waals surface area contributed by atoms with E-state index in [0.29, 0.717) is 30.4 Å². The number of carboxylic acid groups (broad SMARTS) is 1. The number of ether oxygens (including phenoxy) is 1. The molecule has 8 nitrogen and oxygen atoms in total. The molecule has 1 aliphatic heterocycles. The number of nitrogens with zero attached hydrogens (tertiary/aromatic N) is 5. The van der Waals surface area contributed by atoms with Crippen molar-refractivity contribution in [3.63, 3.8) is 0 Å². The van der Waals surface area contributed by atoms with Crippen LogP contribution in [0.25, 0.3) is 5.69 Å². The van der Waals surface area contributed by atoms with Gasteiger partial charge < -0.3 is 9.84 Å². The molecule has 10 heteroatoms. The van der Waals surface area contributed by atoms with Gasteiger partial charge in [0.1, 0.15) is 11.8 Å². The number of hydrogen-bond donors (Lipinski definition) is 1. The minimum atomic E-state index is -2.89. The topological polar surface area (TPSA) is 93.4 Å². The van der Waals surface area contributed by atoms with Crippen LogP contribution in [0.3, 0.4) is 0 Å². The Hall–Kier alpha value is -2.62. The molecule has 1 saturated carbocycles. The van der Waals surface area contributed by atoms with Gasteiger partial charge in [0.2, 0.25) is 0 Å². The first-order valence-electron chi connectivity index (χ1n) is 9.34. The summed E-state index contributed by atoms with van der Waals surface area (Å²) in [5, 5.41) is 21.5. The summed E-state index contributed by atoms with van der Waals surface area (Å²) in [5.74, 6) is 0.135. The summed E-state index contributed by atoms with van der Waals surface area (Å²) in [6.45, 7) is -2.57. The molecule has 0 spiro atoms. The van der Waals surface area contributed by atoms with E-state index in [9.17, 15) is 18.7 Å². The van der Waals surface area contributed by atoms with E-state index in [0.717, 1.165) is 25.7 Å². The second-order valence-corrected chi connectivity index (χ2v) is 7.25. The number of rotatable bonds is 6. The number of alkyl halides is 2. The lowest BCUT2D eigenvalue weighted by Gasteiger charge is -2.32. The fourth-order valence-corrected chi connectivity index (χ4v) is 4.46. The molecule has 150 valence electrons. The maximum atomic E-state index is 12.3. The normalized spacial score (nSPS) is 25.0. The molecule has 28 heavy (non-hydrogen) atoms. The van der Waals surface area contributed by atoms with Gasteiger partial charge in [0.15, 0.2) is 5.82 Å². The molecule has 4 rings (SSSR count). The number of aromatic nitrogens is 4. The van der Waals surface area contributed by atoms with Crippen molar-refractivity contribution >= 4 is 5.97 Å². The monoisotopic (exact) mass is 393 g/mol. The van der Waals surface area contributed by atoms with E-state index in [1.54, 1.807) is 12.1 Å². The Kier molecular flexibility index (Phi) is 5.21. The van der Waals surface area contributed by atoms with Gasteiger partial charge in [-0.1, -0.05) is 12.8 Å². The van der Waals surface area contributed by atoms with Gasteiger partial charge in [0.25, 0.3) is 0 Å². The Labute approximate surface area is 160 Å². The van der Waals surface area contributed by atoms with Crippen molar-refractivity contribution in [3.8, 4) is 11.4 Å². The highest BCUT2D eigenvalue weighted by Crippen LogP contribution is 2.40. The number of carboxylic acids is 1. The smallest absolute Gasteiger partial charge is 0.387 e. The Balaban J connectivity index is 1.56. The molecular weight excluding hydrogens is 372 g/mol. The van der Waals surface area contributed by atoms with Crippen molar-refractivity contribution in [2.75, 3.05) is 0 Å². The van der Waals surface area contributed by atoms with Crippen LogP contribution in [0, 0.1) is 5.92 Å². The third-order valence-corrected chi connectivity index (χ3v) is 5.67. The predicted molar refractivity (Wildman–Crippen MR) is 93.1 cm³/mol. The van der Waals surface area contributed by atoms with Crippen LogP contribution in [-0.4, -0.2) is 54.9 Å². The van der Waals surface area contributed by atoms with Crippen molar-refractivity contribution in [3.05, 3.63) is 30.1 Å². The highest BCUT2D eigenvalue weighted by molar-refractivity contribution is 5.74. The van der Waals surface area contributed by atoms with E-state index in [2.05, 4.69) is 20.3 Å². The van der Waals surface area contributed by atoms with Crippen LogP contribution >= 0.6 is 0 Å². The Morgan fingerprint density at radius 2 is 2.00 bits per heavy atom. The summed E-state index contributed by atoms with van der Waals surface area (Å²) in [5.41, 5.74) is 0.591. The summed E-state index contributed by atoms with van der Waals surface area (Å²) < 4.78 is 30.5. The molecule has 1 N–H and O–H groups in total. The molecule has 1 aromatic heterocycles. The first kappa shape index (κ1) is 18.7. The molecule has 2 heterocycles. The predicted octanol–water partition coefficient (Wildman–Crippen LogP) is 2.48. The second-order valence-electron chi connectivity index (χ2n) is 7.25. The fourth-order valence-electron chi connectivity index (χ4n) is 4.46. The van der Waals surface area contributed by atoms with Crippen LogP contribution in [0.15, 0.2) is 24.3 Å². The van der Waals surface area contributed by atoms with Crippen molar-refractivity contribution in [2.24, 2.45) is 5.92 Å². The van der Waals surface area contributed by atoms with Crippen molar-refractivity contribution in [1.29, 1.82) is 0 Å². The third-order valence-electron chi connectivity index (χ3n) is 5.67. The van der Waals surface area contributed by atoms with E-state index in [4.69, 9.17) is 0 Å². The molecule has 2 aromatic rings. The highest BCUT2D eigenvalue weighted by atomic mass is 19.3. The van der Waals surface area contributed by atoms with Crippen molar-refractivity contribution in [2.45, 2.75) is 57.3 Å². The van der Waals surface area contributed by atoms with Gasteiger partial charge in [-0.15, -0.1) is 5.10 Å². The van der Waals surface area contributed by atoms with Crippen molar-refractivity contribution in [1.82, 2.24) is 25.1 Å². The Morgan fingerprint density at radius 1 is 1.25 bits per heavy atom. The van der Waals surface area contributed by atoms with E-state index >= 15 is 0 Å². The third kappa shape index (κ3) is 3.68. The summed E-state index contributed by atoms with van der Waals surface area (Å²) >= 11 is 0. The number of fused-ring (bicyclic) bond motifs is 1. The summed E-state index contributed by atoms with van der Waals surface area (Å²) in [6, 6.07) is 5.68. The van der Waals surface area contributed by atoms with Gasteiger partial charge in [-0.25, -0.2) is 0 Å². The zero-order chi connectivity index (χ0) is 19.7. The molecule has 0 amide bonds. The lowest BCUT2D eigenvalue weighted by molar-refractivity contribution is -0.143. The Morgan fingerprint density at radius 3 is 2.71 bits per heavy atom. The van der Waals surface area contributed by atoms with Gasteiger partial charge in [-0.3, -0.25) is 9.69 Å². The van der Waals surface area contributed by atoms with Crippen LogP contribution in [0.5, 0.6) is 5.75 Å². The first-order valence-corrected chi connectivity index (χ1v) is 9.34. The number of carbonyl (C=O) groups is 1. The zero-order valence-corrected chi connectivity index (χ0v) is 15.1. The Bertz CT molecular complexity index is 829.